The number of carbonyl (C=O) groups is 1. The summed E-state index contributed by atoms with van der Waals surface area (Å²) in [5.41, 5.74) is 5.89. The zero-order chi connectivity index (χ0) is 15.2. The molecule has 0 saturated heterocycles. The quantitative estimate of drug-likeness (QED) is 0.821. The first-order valence-corrected chi connectivity index (χ1v) is 8.33. The first-order chi connectivity index (χ1) is 10.1. The van der Waals surface area contributed by atoms with E-state index in [-0.39, 0.29) is 17.2 Å². The molecule has 0 bridgehead atoms. The lowest BCUT2D eigenvalue weighted by atomic mass is 9.92. The van der Waals surface area contributed by atoms with Gasteiger partial charge in [-0.2, -0.15) is 0 Å². The lowest BCUT2D eigenvalue weighted by Gasteiger charge is -2.27. The van der Waals surface area contributed by atoms with Crippen molar-refractivity contribution >= 4 is 17.7 Å². The van der Waals surface area contributed by atoms with E-state index in [1.54, 1.807) is 18.9 Å². The van der Waals surface area contributed by atoms with Crippen LogP contribution in [0.1, 0.15) is 32.6 Å². The van der Waals surface area contributed by atoms with Crippen molar-refractivity contribution in [3.05, 3.63) is 24.3 Å². The number of carbonyl (C=O) groups excluding carboxylic acids is 1. The molecule has 1 aliphatic rings. The highest BCUT2D eigenvalue weighted by Gasteiger charge is 2.22. The van der Waals surface area contributed by atoms with Gasteiger partial charge in [0.1, 0.15) is 5.75 Å². The molecule has 1 saturated carbocycles. The third-order valence-corrected chi connectivity index (χ3v) is 4.97. The van der Waals surface area contributed by atoms with E-state index in [1.807, 2.05) is 31.2 Å². The Morgan fingerprint density at radius 1 is 1.29 bits per heavy atom. The molecule has 0 aliphatic heterocycles. The summed E-state index contributed by atoms with van der Waals surface area (Å²) in [7, 11) is 1.65. The molecule has 1 aromatic rings. The Balaban J connectivity index is 1.81. The van der Waals surface area contributed by atoms with Gasteiger partial charge in [-0.05, 0) is 56.9 Å². The highest BCUT2D eigenvalue weighted by Crippen LogP contribution is 2.26. The van der Waals surface area contributed by atoms with Crippen molar-refractivity contribution in [2.75, 3.05) is 7.11 Å². The van der Waals surface area contributed by atoms with Gasteiger partial charge in [-0.3, -0.25) is 4.79 Å². The molecule has 21 heavy (non-hydrogen) atoms. The second-order valence-corrected chi connectivity index (χ2v) is 6.97. The Labute approximate surface area is 130 Å². The van der Waals surface area contributed by atoms with Crippen LogP contribution in [0.25, 0.3) is 0 Å². The maximum absolute atomic E-state index is 12.2. The van der Waals surface area contributed by atoms with Gasteiger partial charge in [-0.25, -0.2) is 0 Å². The molecule has 0 radical (unpaired) electrons. The smallest absolute Gasteiger partial charge is 0.233 e. The highest BCUT2D eigenvalue weighted by atomic mass is 32.2. The SMILES string of the molecule is COc1ccc(SC(C)C(=O)NC2CCC(N)CC2)cc1. The Bertz CT molecular complexity index is 456. The fourth-order valence-corrected chi connectivity index (χ4v) is 3.37. The minimum Gasteiger partial charge on any atom is -0.497 e. The van der Waals surface area contributed by atoms with Gasteiger partial charge < -0.3 is 15.8 Å². The lowest BCUT2D eigenvalue weighted by Crippen LogP contribution is -2.43. The second-order valence-electron chi connectivity index (χ2n) is 5.56. The van der Waals surface area contributed by atoms with Crippen molar-refractivity contribution in [3.8, 4) is 5.75 Å². The summed E-state index contributed by atoms with van der Waals surface area (Å²) in [6.45, 7) is 1.94. The van der Waals surface area contributed by atoms with Crippen LogP contribution in [0.15, 0.2) is 29.2 Å². The van der Waals surface area contributed by atoms with E-state index < -0.39 is 0 Å². The highest BCUT2D eigenvalue weighted by molar-refractivity contribution is 8.00. The third kappa shape index (κ3) is 4.93. The van der Waals surface area contributed by atoms with Crippen LogP contribution in [-0.4, -0.2) is 30.4 Å². The van der Waals surface area contributed by atoms with Crippen LogP contribution in [0, 0.1) is 0 Å². The fourth-order valence-electron chi connectivity index (χ4n) is 2.49. The van der Waals surface area contributed by atoms with Gasteiger partial charge in [-0.1, -0.05) is 0 Å². The van der Waals surface area contributed by atoms with Crippen LogP contribution in [0.2, 0.25) is 0 Å². The van der Waals surface area contributed by atoms with Crippen molar-refractivity contribution in [3.63, 3.8) is 0 Å². The zero-order valence-corrected chi connectivity index (χ0v) is 13.5. The topological polar surface area (TPSA) is 64.3 Å². The van der Waals surface area contributed by atoms with E-state index in [4.69, 9.17) is 10.5 Å². The first-order valence-electron chi connectivity index (χ1n) is 7.45. The van der Waals surface area contributed by atoms with Gasteiger partial charge in [0.05, 0.1) is 12.4 Å². The number of hydrogen-bond donors (Lipinski definition) is 2. The summed E-state index contributed by atoms with van der Waals surface area (Å²) in [4.78, 5) is 13.3. The molecule has 1 aliphatic carbocycles. The Morgan fingerprint density at radius 2 is 1.90 bits per heavy atom. The molecule has 0 spiro atoms. The van der Waals surface area contributed by atoms with Crippen molar-refractivity contribution < 1.29 is 9.53 Å². The molecule has 1 unspecified atom stereocenters. The number of methoxy groups -OCH3 is 1. The summed E-state index contributed by atoms with van der Waals surface area (Å²) in [5.74, 6) is 0.936. The van der Waals surface area contributed by atoms with Gasteiger partial charge in [0, 0.05) is 17.0 Å². The molecular weight excluding hydrogens is 284 g/mol. The summed E-state index contributed by atoms with van der Waals surface area (Å²) in [6, 6.07) is 8.38. The maximum atomic E-state index is 12.2. The first kappa shape index (κ1) is 16.2. The van der Waals surface area contributed by atoms with E-state index in [0.717, 1.165) is 36.3 Å². The number of thioether (sulfide) groups is 1. The van der Waals surface area contributed by atoms with Gasteiger partial charge in [0.25, 0.3) is 0 Å². The minimum absolute atomic E-state index is 0.103. The van der Waals surface area contributed by atoms with Crippen molar-refractivity contribution in [1.82, 2.24) is 5.32 Å². The molecule has 1 atom stereocenters. The van der Waals surface area contributed by atoms with Crippen LogP contribution in [0.4, 0.5) is 0 Å². The summed E-state index contributed by atoms with van der Waals surface area (Å²) >= 11 is 1.57. The van der Waals surface area contributed by atoms with E-state index in [1.165, 1.54) is 0 Å². The standard InChI is InChI=1S/C16H24N2O2S/c1-11(21-15-9-7-14(20-2)8-10-15)16(19)18-13-5-3-12(17)4-6-13/h7-13H,3-6,17H2,1-2H3,(H,18,19). The molecule has 1 amide bonds. The monoisotopic (exact) mass is 308 g/mol. The normalized spacial score (nSPS) is 23.4. The number of hydrogen-bond acceptors (Lipinski definition) is 4. The molecule has 2 rings (SSSR count). The molecular formula is C16H24N2O2S. The lowest BCUT2D eigenvalue weighted by molar-refractivity contribution is -0.121. The van der Waals surface area contributed by atoms with Crippen LogP contribution in [-0.2, 0) is 4.79 Å². The molecule has 1 fully saturated rings. The van der Waals surface area contributed by atoms with Gasteiger partial charge in [0.2, 0.25) is 5.91 Å². The van der Waals surface area contributed by atoms with Crippen molar-refractivity contribution in [1.29, 1.82) is 0 Å². The van der Waals surface area contributed by atoms with Gasteiger partial charge in [0.15, 0.2) is 0 Å². The number of ether oxygens (including phenoxy) is 1. The number of rotatable bonds is 5. The molecule has 116 valence electrons. The van der Waals surface area contributed by atoms with Crippen LogP contribution in [0.3, 0.4) is 0 Å². The number of amides is 1. The predicted octanol–water partition coefficient (Wildman–Crippen LogP) is 2.56. The zero-order valence-electron chi connectivity index (χ0n) is 12.7. The molecule has 1 aromatic carbocycles. The summed E-state index contributed by atoms with van der Waals surface area (Å²) in [5, 5.41) is 3.04. The van der Waals surface area contributed by atoms with Crippen LogP contribution in [0.5, 0.6) is 5.75 Å². The molecule has 4 nitrogen and oxygen atoms in total. The number of benzene rings is 1. The van der Waals surface area contributed by atoms with E-state index in [0.29, 0.717) is 6.04 Å². The average Bonchev–Trinajstić information content (AvgIpc) is 2.50. The molecule has 3 N–H and O–H groups in total. The Kier molecular flexibility index (Phi) is 5.94. The Morgan fingerprint density at radius 3 is 2.48 bits per heavy atom. The van der Waals surface area contributed by atoms with E-state index in [9.17, 15) is 4.79 Å². The average molecular weight is 308 g/mol. The van der Waals surface area contributed by atoms with Crippen molar-refractivity contribution in [2.24, 2.45) is 5.73 Å². The van der Waals surface area contributed by atoms with Crippen LogP contribution < -0.4 is 15.8 Å². The fraction of sp³-hybridized carbons (Fsp3) is 0.562. The summed E-state index contributed by atoms with van der Waals surface area (Å²) < 4.78 is 5.13. The predicted molar refractivity (Wildman–Crippen MR) is 86.7 cm³/mol. The van der Waals surface area contributed by atoms with Gasteiger partial charge >= 0.3 is 0 Å². The minimum atomic E-state index is -0.103. The molecule has 0 heterocycles. The summed E-state index contributed by atoms with van der Waals surface area (Å²) in [6.07, 6.45) is 4.00. The number of nitrogens with two attached hydrogens (primary N) is 1. The van der Waals surface area contributed by atoms with Crippen LogP contribution >= 0.6 is 11.8 Å². The third-order valence-electron chi connectivity index (χ3n) is 3.86. The molecule has 0 aromatic heterocycles. The van der Waals surface area contributed by atoms with E-state index >= 15 is 0 Å². The Hall–Kier alpha value is -1.20. The maximum Gasteiger partial charge on any atom is 0.233 e. The largest absolute Gasteiger partial charge is 0.497 e. The second kappa shape index (κ2) is 7.71. The van der Waals surface area contributed by atoms with E-state index in [2.05, 4.69) is 5.32 Å². The molecule has 5 heteroatoms. The van der Waals surface area contributed by atoms with Crippen molar-refractivity contribution in [2.45, 2.75) is 54.8 Å². The van der Waals surface area contributed by atoms with Gasteiger partial charge in [-0.15, -0.1) is 11.8 Å². The number of nitrogens with one attached hydrogen (secondary N) is 1.